The first kappa shape index (κ1) is 13.4. The molecule has 106 valence electrons. The minimum absolute atomic E-state index is 0.0490. The van der Waals surface area contributed by atoms with E-state index in [9.17, 15) is 4.79 Å². The monoisotopic (exact) mass is 278 g/mol. The maximum Gasteiger partial charge on any atom is 0.267 e. The molecule has 21 heavy (non-hydrogen) atoms. The number of aromatic amines is 1. The molecule has 1 heterocycles. The Morgan fingerprint density at radius 1 is 0.905 bits per heavy atom. The number of nitrogens with zero attached hydrogens (tertiary/aromatic N) is 1. The van der Waals surface area contributed by atoms with Crippen LogP contribution in [0.2, 0.25) is 0 Å². The summed E-state index contributed by atoms with van der Waals surface area (Å²) in [4.78, 5) is 12.1. The van der Waals surface area contributed by atoms with E-state index in [4.69, 9.17) is 0 Å². The Morgan fingerprint density at radius 2 is 1.62 bits per heavy atom. The van der Waals surface area contributed by atoms with E-state index in [1.54, 1.807) is 0 Å². The number of hydrogen-bond donors (Lipinski definition) is 1. The molecule has 0 radical (unpaired) electrons. The molecule has 0 aliphatic heterocycles. The second-order valence-electron chi connectivity index (χ2n) is 5.45. The zero-order valence-corrected chi connectivity index (χ0v) is 12.5. The SMILES string of the molecule is Cc1ccc(-n2[nH]c(=O)c(C)c2-c2cccc(C)c2)cc1. The Balaban J connectivity index is 2.25. The number of nitrogens with one attached hydrogen (secondary N) is 1. The quantitative estimate of drug-likeness (QED) is 0.761. The van der Waals surface area contributed by atoms with E-state index in [2.05, 4.69) is 31.1 Å². The first-order valence-electron chi connectivity index (χ1n) is 7.02. The minimum atomic E-state index is -0.0490. The van der Waals surface area contributed by atoms with E-state index in [1.165, 1.54) is 11.1 Å². The van der Waals surface area contributed by atoms with Gasteiger partial charge in [-0.1, -0.05) is 41.5 Å². The highest BCUT2D eigenvalue weighted by Crippen LogP contribution is 2.25. The van der Waals surface area contributed by atoms with Crippen LogP contribution in [0.3, 0.4) is 0 Å². The van der Waals surface area contributed by atoms with Crippen LogP contribution in [0.15, 0.2) is 53.3 Å². The van der Waals surface area contributed by atoms with Crippen LogP contribution in [0.25, 0.3) is 16.9 Å². The van der Waals surface area contributed by atoms with Gasteiger partial charge in [0, 0.05) is 11.1 Å². The van der Waals surface area contributed by atoms with Crippen molar-refractivity contribution in [1.82, 2.24) is 9.78 Å². The van der Waals surface area contributed by atoms with E-state index < -0.39 is 0 Å². The molecule has 0 bridgehead atoms. The smallest absolute Gasteiger partial charge is 0.267 e. The third-order valence-electron chi connectivity index (χ3n) is 3.72. The van der Waals surface area contributed by atoms with Gasteiger partial charge in [-0.15, -0.1) is 0 Å². The van der Waals surface area contributed by atoms with E-state index in [0.29, 0.717) is 0 Å². The molecule has 0 saturated carbocycles. The molecule has 3 nitrogen and oxygen atoms in total. The minimum Gasteiger partial charge on any atom is -0.268 e. The van der Waals surface area contributed by atoms with Gasteiger partial charge in [0.2, 0.25) is 0 Å². The molecule has 0 atom stereocenters. The van der Waals surface area contributed by atoms with Crippen molar-refractivity contribution in [2.45, 2.75) is 20.8 Å². The number of aromatic nitrogens is 2. The summed E-state index contributed by atoms with van der Waals surface area (Å²) in [6, 6.07) is 16.3. The van der Waals surface area contributed by atoms with Gasteiger partial charge in [-0.2, -0.15) is 0 Å². The van der Waals surface area contributed by atoms with Gasteiger partial charge in [-0.05, 0) is 39.0 Å². The Labute approximate surface area is 123 Å². The van der Waals surface area contributed by atoms with E-state index in [0.717, 1.165) is 22.5 Å². The number of H-pyrrole nitrogens is 1. The van der Waals surface area contributed by atoms with Gasteiger partial charge >= 0.3 is 0 Å². The van der Waals surface area contributed by atoms with Gasteiger partial charge in [0.1, 0.15) is 0 Å². The van der Waals surface area contributed by atoms with Crippen LogP contribution in [0.5, 0.6) is 0 Å². The molecule has 0 fully saturated rings. The van der Waals surface area contributed by atoms with Gasteiger partial charge in [0.25, 0.3) is 5.56 Å². The molecule has 0 unspecified atom stereocenters. The van der Waals surface area contributed by atoms with E-state index in [-0.39, 0.29) is 5.56 Å². The Kier molecular flexibility index (Phi) is 3.26. The molecule has 0 amide bonds. The standard InChI is InChI=1S/C18H18N2O/c1-12-7-9-16(10-8-12)20-17(14(3)18(21)19-20)15-6-4-5-13(2)11-15/h4-11H,1-3H3,(H,19,21). The van der Waals surface area contributed by atoms with Crippen molar-refractivity contribution in [1.29, 1.82) is 0 Å². The second kappa shape index (κ2) is 5.09. The molecule has 0 aliphatic carbocycles. The summed E-state index contributed by atoms with van der Waals surface area (Å²) in [5.74, 6) is 0. The van der Waals surface area contributed by atoms with Crippen molar-refractivity contribution in [2.75, 3.05) is 0 Å². The average molecular weight is 278 g/mol. The lowest BCUT2D eigenvalue weighted by atomic mass is 10.1. The predicted octanol–water partition coefficient (Wildman–Crippen LogP) is 3.76. The van der Waals surface area contributed by atoms with Crippen molar-refractivity contribution in [3.05, 3.63) is 75.6 Å². The summed E-state index contributed by atoms with van der Waals surface area (Å²) in [5.41, 5.74) is 5.99. The third-order valence-corrected chi connectivity index (χ3v) is 3.72. The number of hydrogen-bond acceptors (Lipinski definition) is 1. The lowest BCUT2D eigenvalue weighted by Gasteiger charge is -2.10. The van der Waals surface area contributed by atoms with Crippen molar-refractivity contribution in [3.8, 4) is 16.9 Å². The largest absolute Gasteiger partial charge is 0.268 e. The average Bonchev–Trinajstić information content (AvgIpc) is 2.76. The van der Waals surface area contributed by atoms with E-state index in [1.807, 2.05) is 48.0 Å². The summed E-state index contributed by atoms with van der Waals surface area (Å²) in [6.45, 7) is 5.97. The molecule has 1 N–H and O–H groups in total. The van der Waals surface area contributed by atoms with Gasteiger partial charge in [-0.25, -0.2) is 0 Å². The zero-order chi connectivity index (χ0) is 15.0. The summed E-state index contributed by atoms with van der Waals surface area (Å²) >= 11 is 0. The topological polar surface area (TPSA) is 37.8 Å². The molecule has 0 spiro atoms. The van der Waals surface area contributed by atoms with Crippen LogP contribution in [-0.4, -0.2) is 9.78 Å². The van der Waals surface area contributed by atoms with Gasteiger partial charge < -0.3 is 0 Å². The summed E-state index contributed by atoms with van der Waals surface area (Å²) in [6.07, 6.45) is 0. The highest BCUT2D eigenvalue weighted by Gasteiger charge is 2.14. The maximum atomic E-state index is 12.1. The van der Waals surface area contributed by atoms with Crippen molar-refractivity contribution < 1.29 is 0 Å². The van der Waals surface area contributed by atoms with Gasteiger partial charge in [0.05, 0.1) is 11.4 Å². The molecule has 1 aromatic heterocycles. The normalized spacial score (nSPS) is 10.8. The third kappa shape index (κ3) is 2.42. The summed E-state index contributed by atoms with van der Waals surface area (Å²) in [7, 11) is 0. The van der Waals surface area contributed by atoms with Gasteiger partial charge in [-0.3, -0.25) is 14.6 Å². The number of rotatable bonds is 2. The fraction of sp³-hybridized carbons (Fsp3) is 0.167. The zero-order valence-electron chi connectivity index (χ0n) is 12.5. The van der Waals surface area contributed by atoms with Crippen LogP contribution in [0.1, 0.15) is 16.7 Å². The highest BCUT2D eigenvalue weighted by molar-refractivity contribution is 5.66. The summed E-state index contributed by atoms with van der Waals surface area (Å²) in [5, 5.41) is 2.93. The van der Waals surface area contributed by atoms with Gasteiger partial charge in [0.15, 0.2) is 0 Å². The van der Waals surface area contributed by atoms with Crippen LogP contribution in [-0.2, 0) is 0 Å². The van der Waals surface area contributed by atoms with Crippen molar-refractivity contribution >= 4 is 0 Å². The molecule has 3 rings (SSSR count). The molecule has 3 heteroatoms. The molecular weight excluding hydrogens is 260 g/mol. The molecular formula is C18H18N2O. The van der Waals surface area contributed by atoms with Crippen molar-refractivity contribution in [3.63, 3.8) is 0 Å². The second-order valence-corrected chi connectivity index (χ2v) is 5.45. The Hall–Kier alpha value is -2.55. The van der Waals surface area contributed by atoms with Crippen LogP contribution in [0, 0.1) is 20.8 Å². The van der Waals surface area contributed by atoms with Crippen LogP contribution in [0.4, 0.5) is 0 Å². The highest BCUT2D eigenvalue weighted by atomic mass is 16.1. The van der Waals surface area contributed by atoms with Crippen LogP contribution < -0.4 is 5.56 Å². The van der Waals surface area contributed by atoms with Crippen molar-refractivity contribution in [2.24, 2.45) is 0 Å². The number of benzene rings is 2. The maximum absolute atomic E-state index is 12.1. The molecule has 3 aromatic rings. The summed E-state index contributed by atoms with van der Waals surface area (Å²) < 4.78 is 1.87. The lowest BCUT2D eigenvalue weighted by molar-refractivity contribution is 0.870. The molecule has 2 aromatic carbocycles. The fourth-order valence-electron chi connectivity index (χ4n) is 2.54. The van der Waals surface area contributed by atoms with E-state index >= 15 is 0 Å². The predicted molar refractivity (Wildman–Crippen MR) is 86.0 cm³/mol. The Morgan fingerprint density at radius 3 is 2.29 bits per heavy atom. The first-order chi connectivity index (χ1) is 10.1. The Bertz CT molecular complexity index is 838. The van der Waals surface area contributed by atoms with Crippen LogP contribution >= 0.6 is 0 Å². The lowest BCUT2D eigenvalue weighted by Crippen LogP contribution is -2.05. The number of aryl methyl sites for hydroxylation is 2. The first-order valence-corrected chi connectivity index (χ1v) is 7.02. The molecule has 0 aliphatic rings. The fourth-order valence-corrected chi connectivity index (χ4v) is 2.54. The molecule has 0 saturated heterocycles.